The molecule has 2 atom stereocenters. The minimum Gasteiger partial charge on any atom is -0.335 e. The lowest BCUT2D eigenvalue weighted by Gasteiger charge is -2.40. The number of allylic oxidation sites excluding steroid dienone is 4. The summed E-state index contributed by atoms with van der Waals surface area (Å²) in [7, 11) is 0. The number of nitrogens with zero attached hydrogens (tertiary/aromatic N) is 3. The van der Waals surface area contributed by atoms with Gasteiger partial charge in [-0.2, -0.15) is 0 Å². The molecule has 0 saturated carbocycles. The fourth-order valence-electron chi connectivity index (χ4n) is 3.54. The number of halogens is 4. The van der Waals surface area contributed by atoms with Crippen LogP contribution in [0.3, 0.4) is 0 Å². The maximum Gasteiger partial charge on any atom is 0.179 e. The van der Waals surface area contributed by atoms with Gasteiger partial charge in [0.15, 0.2) is 8.62 Å². The third-order valence-corrected chi connectivity index (χ3v) is 8.55. The lowest BCUT2D eigenvalue weighted by atomic mass is 9.94. The van der Waals surface area contributed by atoms with Crippen LogP contribution < -0.4 is 5.32 Å². The van der Waals surface area contributed by atoms with E-state index in [0.29, 0.717) is 0 Å². The van der Waals surface area contributed by atoms with Crippen LogP contribution in [0.15, 0.2) is 26.8 Å². The minimum absolute atomic E-state index is 0. The predicted octanol–water partition coefficient (Wildman–Crippen LogP) is 3.22. The number of nitrogens with one attached hydrogen (secondary N) is 1. The van der Waals surface area contributed by atoms with Crippen molar-refractivity contribution in [1.82, 2.24) is 15.1 Å². The first-order chi connectivity index (χ1) is 10.1. The van der Waals surface area contributed by atoms with E-state index in [-0.39, 0.29) is 21.0 Å². The molecule has 0 aromatic rings. The molecule has 3 aliphatic heterocycles. The highest BCUT2D eigenvalue weighted by Gasteiger charge is 2.48. The van der Waals surface area contributed by atoms with Gasteiger partial charge < -0.3 is 10.2 Å². The van der Waals surface area contributed by atoms with Gasteiger partial charge in [-0.05, 0) is 24.5 Å². The van der Waals surface area contributed by atoms with Gasteiger partial charge in [-0.25, -0.2) is 4.99 Å². The summed E-state index contributed by atoms with van der Waals surface area (Å²) in [6.45, 7) is 5.39. The van der Waals surface area contributed by atoms with Crippen LogP contribution in [-0.4, -0.2) is 56.9 Å². The average Bonchev–Trinajstić information content (AvgIpc) is 2.88. The van der Waals surface area contributed by atoms with Crippen molar-refractivity contribution in [2.24, 2.45) is 4.99 Å². The quantitative estimate of drug-likeness (QED) is 0.392. The van der Waals surface area contributed by atoms with Crippen molar-refractivity contribution in [3.63, 3.8) is 0 Å². The fourth-order valence-corrected chi connectivity index (χ4v) is 4.96. The smallest absolute Gasteiger partial charge is 0.179 e. The molecule has 0 amide bonds. The Morgan fingerprint density at radius 2 is 2.05 bits per heavy atom. The number of hydrogen-bond acceptors (Lipinski definition) is 4. The van der Waals surface area contributed by atoms with E-state index in [4.69, 9.17) is 4.99 Å². The summed E-state index contributed by atoms with van der Waals surface area (Å²) >= 11 is 10.1. The highest BCUT2D eigenvalue weighted by Crippen LogP contribution is 2.51. The maximum absolute atomic E-state index is 5.14. The highest BCUT2D eigenvalue weighted by molar-refractivity contribution is 14.1. The Balaban J connectivity index is 0.00000144. The minimum atomic E-state index is -0.220. The second-order valence-electron chi connectivity index (χ2n) is 5.85. The van der Waals surface area contributed by atoms with E-state index in [2.05, 4.69) is 75.6 Å². The monoisotopic (exact) mass is 562 g/mol. The Labute approximate surface area is 167 Å². The van der Waals surface area contributed by atoms with Gasteiger partial charge in [0.2, 0.25) is 0 Å². The van der Waals surface area contributed by atoms with Gasteiger partial charge >= 0.3 is 0 Å². The molecule has 0 radical (unpaired) electrons. The SMILES string of the molecule is BrC1=CC2=C3C(=NC(N4CCNCC4)N3CCC2)C1(Br)I.Cl. The molecule has 0 aromatic heterocycles. The van der Waals surface area contributed by atoms with Crippen molar-refractivity contribution in [2.75, 3.05) is 32.7 Å². The molecule has 22 heavy (non-hydrogen) atoms. The lowest BCUT2D eigenvalue weighted by molar-refractivity contribution is 0.0715. The Morgan fingerprint density at radius 1 is 1.32 bits per heavy atom. The number of alkyl halides is 2. The van der Waals surface area contributed by atoms with Crippen molar-refractivity contribution >= 4 is 72.6 Å². The zero-order valence-corrected chi connectivity index (χ0v) is 18.1. The lowest BCUT2D eigenvalue weighted by Crippen LogP contribution is -2.53. The largest absolute Gasteiger partial charge is 0.335 e. The second kappa shape index (κ2) is 6.63. The third-order valence-electron chi connectivity index (χ3n) is 4.56. The van der Waals surface area contributed by atoms with E-state index < -0.39 is 0 Å². The summed E-state index contributed by atoms with van der Waals surface area (Å²) in [4.78, 5) is 10.2. The van der Waals surface area contributed by atoms with Crippen LogP contribution in [-0.2, 0) is 0 Å². The Kier molecular flexibility index (Phi) is 5.32. The van der Waals surface area contributed by atoms with Crippen molar-refractivity contribution in [2.45, 2.75) is 21.5 Å². The summed E-state index contributed by atoms with van der Waals surface area (Å²) in [6.07, 6.45) is 4.86. The number of aliphatic imine (C=N–C) groups is 1. The van der Waals surface area contributed by atoms with Crippen molar-refractivity contribution in [3.05, 3.63) is 21.8 Å². The van der Waals surface area contributed by atoms with Gasteiger partial charge in [-0.1, -0.05) is 54.5 Å². The molecule has 0 bridgehead atoms. The van der Waals surface area contributed by atoms with Crippen molar-refractivity contribution in [3.8, 4) is 0 Å². The molecule has 4 rings (SSSR count). The third kappa shape index (κ3) is 2.73. The van der Waals surface area contributed by atoms with E-state index >= 15 is 0 Å². The van der Waals surface area contributed by atoms with Crippen molar-refractivity contribution < 1.29 is 0 Å². The molecule has 122 valence electrons. The summed E-state index contributed by atoms with van der Waals surface area (Å²) in [5, 5.41) is 3.43. The number of hydrogen-bond donors (Lipinski definition) is 1. The zero-order valence-electron chi connectivity index (χ0n) is 12.0. The first-order valence-corrected chi connectivity index (χ1v) is 10.0. The van der Waals surface area contributed by atoms with E-state index in [1.807, 2.05) is 0 Å². The van der Waals surface area contributed by atoms with Crippen LogP contribution in [0.25, 0.3) is 0 Å². The Morgan fingerprint density at radius 3 is 2.77 bits per heavy atom. The second-order valence-corrected chi connectivity index (χ2v) is 11.0. The van der Waals surface area contributed by atoms with Gasteiger partial charge in [-0.3, -0.25) is 4.90 Å². The summed E-state index contributed by atoms with van der Waals surface area (Å²) < 4.78 is 0.957. The molecule has 0 aromatic carbocycles. The molecule has 3 heterocycles. The maximum atomic E-state index is 5.14. The predicted molar refractivity (Wildman–Crippen MR) is 109 cm³/mol. The molecule has 1 aliphatic carbocycles. The summed E-state index contributed by atoms with van der Waals surface area (Å²) in [5.41, 5.74) is 4.01. The van der Waals surface area contributed by atoms with Crippen LogP contribution in [0.5, 0.6) is 0 Å². The molecule has 0 spiro atoms. The van der Waals surface area contributed by atoms with Gasteiger partial charge in [0.1, 0.15) is 0 Å². The Bertz CT molecular complexity index is 569. The molecular formula is C14H18Br2ClIN4. The average molecular weight is 564 g/mol. The van der Waals surface area contributed by atoms with Crippen LogP contribution in [0.1, 0.15) is 12.8 Å². The normalized spacial score (nSPS) is 34.9. The fraction of sp³-hybridized carbons (Fsp3) is 0.643. The van der Waals surface area contributed by atoms with Crippen LogP contribution in [0, 0.1) is 0 Å². The van der Waals surface area contributed by atoms with Crippen LogP contribution in [0.4, 0.5) is 0 Å². The first-order valence-electron chi connectivity index (χ1n) is 7.38. The molecule has 4 aliphatic rings. The topological polar surface area (TPSA) is 30.9 Å². The van der Waals surface area contributed by atoms with E-state index in [1.54, 1.807) is 0 Å². The van der Waals surface area contributed by atoms with Gasteiger partial charge in [0, 0.05) is 37.2 Å². The van der Waals surface area contributed by atoms with E-state index in [9.17, 15) is 0 Å². The molecular weight excluding hydrogens is 546 g/mol. The molecule has 1 saturated heterocycles. The molecule has 4 nitrogen and oxygen atoms in total. The molecule has 1 fully saturated rings. The van der Waals surface area contributed by atoms with Gasteiger partial charge in [0.25, 0.3) is 0 Å². The highest BCUT2D eigenvalue weighted by atomic mass is 127. The van der Waals surface area contributed by atoms with E-state index in [1.165, 1.54) is 27.9 Å². The number of piperazine rings is 1. The zero-order chi connectivity index (χ0) is 14.6. The van der Waals surface area contributed by atoms with E-state index in [0.717, 1.165) is 39.1 Å². The molecule has 8 heteroatoms. The first kappa shape index (κ1) is 17.7. The van der Waals surface area contributed by atoms with Crippen LogP contribution >= 0.6 is 66.9 Å². The van der Waals surface area contributed by atoms with Gasteiger partial charge in [-0.15, -0.1) is 12.4 Å². The standard InChI is InChI=1S/C14H17Br2IN4.ClH/c15-10-8-9-2-1-5-21-11(9)12(14(10,16)17)19-13(21)20-6-3-18-4-7-20;/h8,13,18H,1-7H2;1H. The summed E-state index contributed by atoms with van der Waals surface area (Å²) in [6, 6.07) is 0. The van der Waals surface area contributed by atoms with Crippen molar-refractivity contribution in [1.29, 1.82) is 0 Å². The number of rotatable bonds is 1. The van der Waals surface area contributed by atoms with Crippen LogP contribution in [0.2, 0.25) is 0 Å². The molecule has 1 N–H and O–H groups in total. The van der Waals surface area contributed by atoms with Gasteiger partial charge in [0.05, 0.1) is 11.4 Å². The molecule has 2 unspecified atom stereocenters. The summed E-state index contributed by atoms with van der Waals surface area (Å²) in [5.74, 6) is 0. The Hall–Kier alpha value is 0.850.